The van der Waals surface area contributed by atoms with Crippen LogP contribution in [0.4, 0.5) is 0 Å². The molecule has 0 aromatic rings. The molecule has 1 N–H and O–H groups in total. The second-order valence-electron chi connectivity index (χ2n) is 12.0. The molecule has 3 aliphatic carbocycles. The summed E-state index contributed by atoms with van der Waals surface area (Å²) in [6.07, 6.45) is -0.616. The number of hydrogen-bond donors (Lipinski definition) is 1. The molecular weight excluding hydrogens is 440 g/mol. The van der Waals surface area contributed by atoms with Crippen LogP contribution in [0.5, 0.6) is 0 Å². The Labute approximate surface area is 199 Å². The third-order valence-electron chi connectivity index (χ3n) is 10.1. The van der Waals surface area contributed by atoms with Crippen LogP contribution in [0.15, 0.2) is 12.2 Å². The maximum Gasteiger partial charge on any atom is 0.358 e. The molecule has 1 aliphatic heterocycles. The van der Waals surface area contributed by atoms with Crippen LogP contribution in [0, 0.1) is 39.4 Å². The highest BCUT2D eigenvalue weighted by atomic mass is 16.6. The molecule has 0 radical (unpaired) electrons. The van der Waals surface area contributed by atoms with E-state index < -0.39 is 74.6 Å². The Kier molecular flexibility index (Phi) is 5.00. The second-order valence-corrected chi connectivity index (χ2v) is 12.0. The van der Waals surface area contributed by atoms with Gasteiger partial charge in [-0.2, -0.15) is 0 Å². The summed E-state index contributed by atoms with van der Waals surface area (Å²) in [5, 5.41) is 11.5. The van der Waals surface area contributed by atoms with Crippen molar-refractivity contribution < 1.29 is 38.6 Å². The van der Waals surface area contributed by atoms with Crippen molar-refractivity contribution in [3.05, 3.63) is 12.2 Å². The van der Waals surface area contributed by atoms with Gasteiger partial charge >= 0.3 is 11.9 Å². The number of carbonyl (C=O) groups is 5. The van der Waals surface area contributed by atoms with E-state index in [2.05, 4.69) is 6.58 Å². The van der Waals surface area contributed by atoms with E-state index in [0.717, 1.165) is 7.11 Å². The molecule has 186 valence electrons. The maximum absolute atomic E-state index is 13.8. The number of ketones is 3. The van der Waals surface area contributed by atoms with E-state index in [0.29, 0.717) is 12.0 Å². The molecule has 1 heterocycles. The zero-order chi connectivity index (χ0) is 25.8. The molecule has 0 spiro atoms. The van der Waals surface area contributed by atoms with E-state index in [1.807, 2.05) is 6.92 Å². The van der Waals surface area contributed by atoms with Gasteiger partial charge < -0.3 is 14.6 Å². The van der Waals surface area contributed by atoms with Gasteiger partial charge in [0.05, 0.1) is 18.4 Å². The van der Waals surface area contributed by atoms with Crippen LogP contribution in [0.1, 0.15) is 60.8 Å². The van der Waals surface area contributed by atoms with E-state index in [-0.39, 0.29) is 18.6 Å². The Morgan fingerprint density at radius 3 is 2.21 bits per heavy atom. The fourth-order valence-electron chi connectivity index (χ4n) is 8.27. The van der Waals surface area contributed by atoms with Crippen LogP contribution < -0.4 is 0 Å². The Morgan fingerprint density at radius 2 is 1.65 bits per heavy atom. The number of hydrogen-bond acceptors (Lipinski definition) is 8. The number of rotatable bonds is 1. The minimum Gasteiger partial charge on any atom is -0.466 e. The molecule has 1 saturated heterocycles. The molecule has 0 aromatic carbocycles. The molecule has 8 nitrogen and oxygen atoms in total. The quantitative estimate of drug-likeness (QED) is 0.348. The van der Waals surface area contributed by atoms with Crippen molar-refractivity contribution in [1.82, 2.24) is 0 Å². The lowest BCUT2D eigenvalue weighted by molar-refractivity contribution is -0.237. The van der Waals surface area contributed by atoms with Crippen molar-refractivity contribution in [2.45, 2.75) is 72.5 Å². The maximum atomic E-state index is 13.8. The Morgan fingerprint density at radius 1 is 1.06 bits per heavy atom. The predicted molar refractivity (Wildman–Crippen MR) is 119 cm³/mol. The topological polar surface area (TPSA) is 124 Å². The number of allylic oxidation sites excluding steroid dienone is 1. The van der Waals surface area contributed by atoms with Gasteiger partial charge in [-0.3, -0.25) is 19.2 Å². The molecule has 0 bridgehead atoms. The van der Waals surface area contributed by atoms with Gasteiger partial charge in [0.15, 0.2) is 11.6 Å². The smallest absolute Gasteiger partial charge is 0.358 e. The number of esters is 2. The van der Waals surface area contributed by atoms with Gasteiger partial charge in [0.1, 0.15) is 11.9 Å². The summed E-state index contributed by atoms with van der Waals surface area (Å²) >= 11 is 0. The van der Waals surface area contributed by atoms with Crippen molar-refractivity contribution in [2.75, 3.05) is 7.11 Å². The summed E-state index contributed by atoms with van der Waals surface area (Å²) in [7, 11) is 1.10. The number of carbonyl (C=O) groups excluding carboxylic acids is 5. The molecular formula is C26H34O8. The second kappa shape index (κ2) is 6.86. The Balaban J connectivity index is 1.93. The first-order valence-electron chi connectivity index (χ1n) is 11.8. The van der Waals surface area contributed by atoms with E-state index in [9.17, 15) is 29.1 Å². The molecule has 34 heavy (non-hydrogen) atoms. The third kappa shape index (κ3) is 2.50. The average Bonchev–Trinajstić information content (AvgIpc) is 2.75. The van der Waals surface area contributed by atoms with Gasteiger partial charge in [0.25, 0.3) is 5.60 Å². The summed E-state index contributed by atoms with van der Waals surface area (Å²) < 4.78 is 10.2. The third-order valence-corrected chi connectivity index (χ3v) is 10.1. The van der Waals surface area contributed by atoms with Crippen molar-refractivity contribution in [1.29, 1.82) is 0 Å². The van der Waals surface area contributed by atoms with Gasteiger partial charge in [-0.15, -0.1) is 0 Å². The first kappa shape index (κ1) is 24.8. The molecule has 0 amide bonds. The van der Waals surface area contributed by atoms with Crippen molar-refractivity contribution >= 4 is 29.3 Å². The van der Waals surface area contributed by atoms with Gasteiger partial charge in [0, 0.05) is 23.2 Å². The SMILES string of the molecule is C=C1C[C@H]2[C@]3(C)CCC(=O)C(C)(C)[C@H]3C(=O)[C@@H](O)[C@]2(C)[C@H]2C(=O)O[C@](C)(C(=O)OC)C(=O)[C@]12C. The minimum absolute atomic E-state index is 0.0281. The summed E-state index contributed by atoms with van der Waals surface area (Å²) in [5.74, 6) is -5.41. The fraction of sp³-hybridized carbons (Fsp3) is 0.731. The molecule has 8 atom stereocenters. The zero-order valence-electron chi connectivity index (χ0n) is 20.9. The minimum atomic E-state index is -2.15. The van der Waals surface area contributed by atoms with Crippen molar-refractivity contribution in [3.8, 4) is 0 Å². The number of fused-ring (bicyclic) bond motifs is 5. The van der Waals surface area contributed by atoms with Crippen LogP contribution in [-0.4, -0.2) is 53.2 Å². The van der Waals surface area contributed by atoms with Crippen LogP contribution in [-0.2, 0) is 33.4 Å². The lowest BCUT2D eigenvalue weighted by atomic mass is 9.34. The number of Topliss-reactive ketones (excluding diaryl/α,β-unsaturated/α-hetero) is 3. The number of ether oxygens (including phenoxy) is 2. The molecule has 4 rings (SSSR count). The molecule has 0 aromatic heterocycles. The lowest BCUT2D eigenvalue weighted by Gasteiger charge is -2.68. The highest BCUT2D eigenvalue weighted by molar-refractivity contribution is 6.15. The van der Waals surface area contributed by atoms with Crippen LogP contribution in [0.2, 0.25) is 0 Å². The number of aliphatic hydroxyl groups excluding tert-OH is 1. The Bertz CT molecular complexity index is 1060. The Hall–Kier alpha value is -2.35. The first-order valence-corrected chi connectivity index (χ1v) is 11.8. The van der Waals surface area contributed by atoms with E-state index in [4.69, 9.17) is 9.47 Å². The summed E-state index contributed by atoms with van der Waals surface area (Å²) in [6.45, 7) is 14.0. The van der Waals surface area contributed by atoms with Gasteiger partial charge in [-0.1, -0.05) is 39.8 Å². The normalized spacial score (nSPS) is 47.8. The number of methoxy groups -OCH3 is 1. The van der Waals surface area contributed by atoms with Crippen LogP contribution >= 0.6 is 0 Å². The lowest BCUT2D eigenvalue weighted by Crippen LogP contribution is -2.75. The standard InChI is InChI=1S/C26H34O8/c1-12-11-13-23(4)10-9-14(27)22(2,3)16(23)15(28)18(29)25(13,6)17-19(30)34-26(7,21(32)33-8)20(31)24(12,17)5/h13,16-18,29H,1,9-11H2,2-8H3/t13-,16+,17-,18+,23-,24+,25-,26-/m0/s1. The number of cyclic esters (lactones) is 1. The van der Waals surface area contributed by atoms with Gasteiger partial charge in [-0.05, 0) is 38.0 Å². The highest BCUT2D eigenvalue weighted by Gasteiger charge is 2.77. The van der Waals surface area contributed by atoms with Crippen molar-refractivity contribution in [2.24, 2.45) is 39.4 Å². The van der Waals surface area contributed by atoms with Crippen LogP contribution in [0.25, 0.3) is 0 Å². The molecule has 4 fully saturated rings. The number of aliphatic hydroxyl groups is 1. The van der Waals surface area contributed by atoms with Crippen molar-refractivity contribution in [3.63, 3.8) is 0 Å². The van der Waals surface area contributed by atoms with E-state index in [1.165, 1.54) is 6.92 Å². The molecule has 3 saturated carbocycles. The fourth-order valence-corrected chi connectivity index (χ4v) is 8.27. The molecule has 8 heteroatoms. The largest absolute Gasteiger partial charge is 0.466 e. The van der Waals surface area contributed by atoms with Gasteiger partial charge in [-0.25, -0.2) is 4.79 Å². The van der Waals surface area contributed by atoms with Gasteiger partial charge in [0.2, 0.25) is 0 Å². The summed E-state index contributed by atoms with van der Waals surface area (Å²) in [4.78, 5) is 66.5. The van der Waals surface area contributed by atoms with Crippen LogP contribution in [0.3, 0.4) is 0 Å². The summed E-state index contributed by atoms with van der Waals surface area (Å²) in [6, 6.07) is 0. The first-order chi connectivity index (χ1) is 15.5. The molecule has 0 unspecified atom stereocenters. The highest BCUT2D eigenvalue weighted by Crippen LogP contribution is 2.71. The predicted octanol–water partition coefficient (Wildman–Crippen LogP) is 2.20. The van der Waals surface area contributed by atoms with E-state index in [1.54, 1.807) is 27.7 Å². The molecule has 4 aliphatic rings. The zero-order valence-corrected chi connectivity index (χ0v) is 20.9. The van der Waals surface area contributed by atoms with E-state index >= 15 is 0 Å². The summed E-state index contributed by atoms with van der Waals surface area (Å²) in [5.41, 5.74) is -6.29. The monoisotopic (exact) mass is 474 g/mol. The average molecular weight is 475 g/mol.